The molecular formula is C20H30N2O3. The number of ether oxygens (including phenoxy) is 1. The number of benzene rings is 1. The number of carbonyl (C=O) groups excluding carboxylic acids is 2. The molecule has 1 fully saturated rings. The van der Waals surface area contributed by atoms with Gasteiger partial charge < -0.3 is 9.64 Å². The van der Waals surface area contributed by atoms with E-state index in [9.17, 15) is 9.59 Å². The van der Waals surface area contributed by atoms with E-state index < -0.39 is 0 Å². The summed E-state index contributed by atoms with van der Waals surface area (Å²) < 4.78 is 4.96. The summed E-state index contributed by atoms with van der Waals surface area (Å²) in [6, 6.07) is 7.26. The van der Waals surface area contributed by atoms with E-state index in [2.05, 4.69) is 27.7 Å². The molecule has 25 heavy (non-hydrogen) atoms. The van der Waals surface area contributed by atoms with Gasteiger partial charge in [-0.15, -0.1) is 0 Å². The van der Waals surface area contributed by atoms with Gasteiger partial charge in [-0.1, -0.05) is 27.7 Å². The zero-order valence-electron chi connectivity index (χ0n) is 15.8. The number of hydrogen-bond acceptors (Lipinski definition) is 3. The molecule has 1 aromatic rings. The van der Waals surface area contributed by atoms with Gasteiger partial charge in [-0.25, -0.2) is 4.79 Å². The van der Waals surface area contributed by atoms with Crippen LogP contribution in [0.3, 0.4) is 0 Å². The number of nitrogens with zero attached hydrogens (tertiary/aromatic N) is 2. The van der Waals surface area contributed by atoms with Crippen LogP contribution in [0.15, 0.2) is 24.3 Å². The minimum absolute atomic E-state index is 0.0665. The molecule has 2 amide bonds. The molecule has 0 radical (unpaired) electrons. The van der Waals surface area contributed by atoms with E-state index >= 15 is 0 Å². The molecule has 5 nitrogen and oxygen atoms in total. The maximum atomic E-state index is 12.9. The third kappa shape index (κ3) is 5.48. The second kappa shape index (κ2) is 8.88. The van der Waals surface area contributed by atoms with Crippen LogP contribution in [0.25, 0.3) is 0 Å². The predicted molar refractivity (Wildman–Crippen MR) is 99.9 cm³/mol. The molecular weight excluding hydrogens is 316 g/mol. The Balaban J connectivity index is 2.07. The molecule has 0 saturated carbocycles. The van der Waals surface area contributed by atoms with Crippen molar-refractivity contribution in [3.05, 3.63) is 29.8 Å². The molecule has 1 aromatic carbocycles. The van der Waals surface area contributed by atoms with Crippen molar-refractivity contribution in [3.63, 3.8) is 0 Å². The summed E-state index contributed by atoms with van der Waals surface area (Å²) in [7, 11) is 0. The highest BCUT2D eigenvalue weighted by Crippen LogP contribution is 2.20. The van der Waals surface area contributed by atoms with Crippen molar-refractivity contribution in [2.45, 2.75) is 40.5 Å². The molecule has 1 aliphatic rings. The number of hydrogen-bond donors (Lipinski definition) is 0. The first kappa shape index (κ1) is 19.3. The van der Waals surface area contributed by atoms with Crippen LogP contribution in [0.1, 0.15) is 50.9 Å². The lowest BCUT2D eigenvalue weighted by Crippen LogP contribution is -2.34. The first-order valence-electron chi connectivity index (χ1n) is 9.22. The van der Waals surface area contributed by atoms with Crippen LogP contribution >= 0.6 is 0 Å². The number of amides is 2. The summed E-state index contributed by atoms with van der Waals surface area (Å²) in [4.78, 5) is 28.1. The van der Waals surface area contributed by atoms with Crippen LogP contribution in [0.5, 0.6) is 0 Å². The van der Waals surface area contributed by atoms with Gasteiger partial charge in [0.15, 0.2) is 0 Å². The molecule has 1 saturated heterocycles. The lowest BCUT2D eigenvalue weighted by atomic mass is 10.1. The van der Waals surface area contributed by atoms with Crippen LogP contribution in [0.2, 0.25) is 0 Å². The molecule has 0 atom stereocenters. The maximum Gasteiger partial charge on any atom is 0.414 e. The second-order valence-corrected chi connectivity index (χ2v) is 7.47. The predicted octanol–water partition coefficient (Wildman–Crippen LogP) is 4.18. The molecule has 0 aromatic heterocycles. The summed E-state index contributed by atoms with van der Waals surface area (Å²) in [6.45, 7) is 11.2. The van der Waals surface area contributed by atoms with Crippen molar-refractivity contribution in [3.8, 4) is 0 Å². The topological polar surface area (TPSA) is 49.9 Å². The Morgan fingerprint density at radius 1 is 1.08 bits per heavy atom. The van der Waals surface area contributed by atoms with Crippen molar-refractivity contribution < 1.29 is 14.3 Å². The van der Waals surface area contributed by atoms with Gasteiger partial charge in [0, 0.05) is 24.3 Å². The molecule has 0 aliphatic carbocycles. The highest BCUT2D eigenvalue weighted by molar-refractivity contribution is 5.95. The van der Waals surface area contributed by atoms with Gasteiger partial charge in [-0.05, 0) is 48.9 Å². The van der Waals surface area contributed by atoms with Crippen LogP contribution in [-0.2, 0) is 4.74 Å². The van der Waals surface area contributed by atoms with E-state index in [1.54, 1.807) is 17.0 Å². The maximum absolute atomic E-state index is 12.9. The third-order valence-electron chi connectivity index (χ3n) is 4.43. The summed E-state index contributed by atoms with van der Waals surface area (Å²) in [5.41, 5.74) is 1.44. The van der Waals surface area contributed by atoms with E-state index in [-0.39, 0.29) is 12.0 Å². The summed E-state index contributed by atoms with van der Waals surface area (Å²) >= 11 is 0. The minimum atomic E-state index is -0.324. The summed E-state index contributed by atoms with van der Waals surface area (Å²) in [5.74, 6) is 1.20. The molecule has 2 rings (SSSR count). The standard InChI is InChI=1S/C20H30N2O3/c1-15(2)9-11-21(12-10-16(3)4)19(23)17-5-7-18(8-6-17)22-13-14-25-20(22)24/h5-8,15-16H,9-14H2,1-4H3. The van der Waals surface area contributed by atoms with Crippen LogP contribution in [-0.4, -0.2) is 43.1 Å². The highest BCUT2D eigenvalue weighted by Gasteiger charge is 2.24. The van der Waals surface area contributed by atoms with Crippen molar-refractivity contribution in [1.29, 1.82) is 0 Å². The molecule has 0 spiro atoms. The highest BCUT2D eigenvalue weighted by atomic mass is 16.6. The van der Waals surface area contributed by atoms with Gasteiger partial charge in [0.05, 0.1) is 6.54 Å². The quantitative estimate of drug-likeness (QED) is 0.709. The number of anilines is 1. The Morgan fingerprint density at radius 3 is 2.08 bits per heavy atom. The lowest BCUT2D eigenvalue weighted by Gasteiger charge is -2.25. The van der Waals surface area contributed by atoms with Gasteiger partial charge in [-0.2, -0.15) is 0 Å². The first-order chi connectivity index (χ1) is 11.9. The Kier molecular flexibility index (Phi) is 6.85. The van der Waals surface area contributed by atoms with Crippen molar-refractivity contribution in [1.82, 2.24) is 4.90 Å². The normalized spacial score (nSPS) is 14.3. The third-order valence-corrected chi connectivity index (χ3v) is 4.43. The van der Waals surface area contributed by atoms with Gasteiger partial charge in [0.1, 0.15) is 6.61 Å². The largest absolute Gasteiger partial charge is 0.447 e. The summed E-state index contributed by atoms with van der Waals surface area (Å²) in [5, 5.41) is 0. The van der Waals surface area contributed by atoms with Gasteiger partial charge in [-0.3, -0.25) is 9.69 Å². The molecule has 1 heterocycles. The van der Waals surface area contributed by atoms with Crippen LogP contribution in [0, 0.1) is 11.8 Å². The zero-order valence-corrected chi connectivity index (χ0v) is 15.8. The SMILES string of the molecule is CC(C)CCN(CCC(C)C)C(=O)c1ccc(N2CCOC2=O)cc1. The molecule has 1 aliphatic heterocycles. The zero-order chi connectivity index (χ0) is 18.4. The van der Waals surface area contributed by atoms with Crippen molar-refractivity contribution >= 4 is 17.7 Å². The average Bonchev–Trinajstić information content (AvgIpc) is 3.00. The Hall–Kier alpha value is -2.04. The van der Waals surface area contributed by atoms with E-state index in [0.29, 0.717) is 30.6 Å². The average molecular weight is 346 g/mol. The number of carbonyl (C=O) groups is 2. The van der Waals surface area contributed by atoms with E-state index in [1.165, 1.54) is 0 Å². The number of rotatable bonds is 8. The Bertz CT molecular complexity index is 569. The van der Waals surface area contributed by atoms with Gasteiger partial charge in [0.2, 0.25) is 0 Å². The molecule has 5 heteroatoms. The van der Waals surface area contributed by atoms with E-state index in [0.717, 1.165) is 31.6 Å². The van der Waals surface area contributed by atoms with Crippen molar-refractivity contribution in [2.24, 2.45) is 11.8 Å². The molecule has 138 valence electrons. The lowest BCUT2D eigenvalue weighted by molar-refractivity contribution is 0.0741. The summed E-state index contributed by atoms with van der Waals surface area (Å²) in [6.07, 6.45) is 1.68. The van der Waals surface area contributed by atoms with Gasteiger partial charge >= 0.3 is 6.09 Å². The Labute approximate surface area is 150 Å². The fourth-order valence-electron chi connectivity index (χ4n) is 2.74. The van der Waals surface area contributed by atoms with Crippen molar-refractivity contribution in [2.75, 3.05) is 31.1 Å². The fourth-order valence-corrected chi connectivity index (χ4v) is 2.74. The van der Waals surface area contributed by atoms with Crippen LogP contribution < -0.4 is 4.90 Å². The first-order valence-corrected chi connectivity index (χ1v) is 9.22. The Morgan fingerprint density at radius 2 is 1.64 bits per heavy atom. The number of cyclic esters (lactones) is 1. The minimum Gasteiger partial charge on any atom is -0.447 e. The van der Waals surface area contributed by atoms with Gasteiger partial charge in [0.25, 0.3) is 5.91 Å². The monoisotopic (exact) mass is 346 g/mol. The van der Waals surface area contributed by atoms with Crippen LogP contribution in [0.4, 0.5) is 10.5 Å². The molecule has 0 unspecified atom stereocenters. The molecule has 0 bridgehead atoms. The smallest absolute Gasteiger partial charge is 0.414 e. The second-order valence-electron chi connectivity index (χ2n) is 7.47. The fraction of sp³-hybridized carbons (Fsp3) is 0.600. The van der Waals surface area contributed by atoms with E-state index in [1.807, 2.05) is 17.0 Å². The molecule has 0 N–H and O–H groups in total. The van der Waals surface area contributed by atoms with E-state index in [4.69, 9.17) is 4.74 Å².